The van der Waals surface area contributed by atoms with E-state index in [1.165, 1.54) is 6.92 Å². The van der Waals surface area contributed by atoms with Crippen molar-refractivity contribution in [1.29, 1.82) is 0 Å². The number of halogens is 3. The van der Waals surface area contributed by atoms with Crippen molar-refractivity contribution in [2.24, 2.45) is 5.92 Å². The molecule has 0 aromatic carbocycles. The second kappa shape index (κ2) is 6.31. The second-order valence-corrected chi connectivity index (χ2v) is 6.56. The summed E-state index contributed by atoms with van der Waals surface area (Å²) in [6.07, 6.45) is -2.90. The molecule has 1 aliphatic heterocycles. The summed E-state index contributed by atoms with van der Waals surface area (Å²) in [6.45, 7) is 2.26. The Morgan fingerprint density at radius 3 is 2.71 bits per heavy atom. The predicted molar refractivity (Wildman–Crippen MR) is 79.1 cm³/mol. The highest BCUT2D eigenvalue weighted by Crippen LogP contribution is 2.36. The number of hydrogen-bond donors (Lipinski definition) is 1. The number of aromatic nitrogens is 2. The van der Waals surface area contributed by atoms with Crippen LogP contribution in [-0.2, 0) is 23.8 Å². The van der Waals surface area contributed by atoms with Crippen LogP contribution in [0.25, 0.3) is 0 Å². The molecule has 24 heavy (non-hydrogen) atoms. The van der Waals surface area contributed by atoms with Crippen LogP contribution in [0, 0.1) is 12.8 Å². The lowest BCUT2D eigenvalue weighted by Crippen LogP contribution is -2.46. The van der Waals surface area contributed by atoms with Gasteiger partial charge in [-0.3, -0.25) is 4.79 Å². The quantitative estimate of drug-likeness (QED) is 0.846. The highest BCUT2D eigenvalue weighted by atomic mass is 19.4. The monoisotopic (exact) mass is 343 g/mol. The zero-order chi connectivity index (χ0) is 17.5. The standard InChI is InChI=1S/C16H20F3N3O2/c1-9-20-13-5-4-10(7-12(13)14(21-9)16(17,18)19)15(24)22-6-2-3-11(23)8-22/h10-11,23H,2-8H2,1H3. The van der Waals surface area contributed by atoms with E-state index in [0.717, 1.165) is 0 Å². The number of β-amino-alcohol motifs (C(OH)–C–C–N with tert-alkyl or cyclic N) is 1. The highest BCUT2D eigenvalue weighted by Gasteiger charge is 2.40. The van der Waals surface area contributed by atoms with Crippen LogP contribution in [0.3, 0.4) is 0 Å². The van der Waals surface area contributed by atoms with E-state index in [9.17, 15) is 23.1 Å². The first-order valence-corrected chi connectivity index (χ1v) is 8.16. The van der Waals surface area contributed by atoms with Crippen molar-refractivity contribution in [2.75, 3.05) is 13.1 Å². The smallest absolute Gasteiger partial charge is 0.391 e. The number of aryl methyl sites for hydroxylation is 2. The van der Waals surface area contributed by atoms with Crippen molar-refractivity contribution < 1.29 is 23.1 Å². The fourth-order valence-corrected chi connectivity index (χ4v) is 3.59. The summed E-state index contributed by atoms with van der Waals surface area (Å²) in [5.41, 5.74) is -0.464. The lowest BCUT2D eigenvalue weighted by molar-refractivity contribution is -0.144. The summed E-state index contributed by atoms with van der Waals surface area (Å²) in [4.78, 5) is 21.9. The number of nitrogens with zero attached hydrogens (tertiary/aromatic N) is 3. The van der Waals surface area contributed by atoms with Gasteiger partial charge < -0.3 is 10.0 Å². The number of amides is 1. The average Bonchev–Trinajstić information content (AvgIpc) is 2.52. The zero-order valence-electron chi connectivity index (χ0n) is 13.4. The molecule has 1 aromatic rings. The lowest BCUT2D eigenvalue weighted by atomic mass is 9.84. The first-order valence-electron chi connectivity index (χ1n) is 8.16. The molecule has 0 spiro atoms. The predicted octanol–water partition coefficient (Wildman–Crippen LogP) is 1.89. The van der Waals surface area contributed by atoms with Gasteiger partial charge in [0.2, 0.25) is 5.91 Å². The SMILES string of the molecule is Cc1nc2c(c(C(F)(F)F)n1)CC(C(=O)N1CCCC(O)C1)CC2. The van der Waals surface area contributed by atoms with Gasteiger partial charge in [0.1, 0.15) is 5.82 Å². The van der Waals surface area contributed by atoms with E-state index in [0.29, 0.717) is 37.9 Å². The van der Waals surface area contributed by atoms with E-state index >= 15 is 0 Å². The van der Waals surface area contributed by atoms with E-state index in [1.807, 2.05) is 0 Å². The van der Waals surface area contributed by atoms with Gasteiger partial charge >= 0.3 is 6.18 Å². The van der Waals surface area contributed by atoms with Gasteiger partial charge in [-0.15, -0.1) is 0 Å². The van der Waals surface area contributed by atoms with Crippen LogP contribution < -0.4 is 0 Å². The third-order valence-electron chi connectivity index (χ3n) is 4.71. The Hall–Kier alpha value is -1.70. The van der Waals surface area contributed by atoms with Crippen molar-refractivity contribution in [2.45, 2.75) is 51.3 Å². The van der Waals surface area contributed by atoms with Crippen LogP contribution in [0.4, 0.5) is 13.2 Å². The maximum atomic E-state index is 13.3. The Labute approximate surface area is 137 Å². The van der Waals surface area contributed by atoms with Crippen LogP contribution in [0.15, 0.2) is 0 Å². The van der Waals surface area contributed by atoms with Gasteiger partial charge in [0.25, 0.3) is 0 Å². The van der Waals surface area contributed by atoms with Gasteiger partial charge in [-0.2, -0.15) is 13.2 Å². The number of piperidine rings is 1. The van der Waals surface area contributed by atoms with E-state index < -0.39 is 23.9 Å². The number of carbonyl (C=O) groups excluding carboxylic acids is 1. The molecule has 5 nitrogen and oxygen atoms in total. The normalized spacial score (nSPS) is 24.6. The Bertz CT molecular complexity index is 648. The molecule has 1 aromatic heterocycles. The first-order chi connectivity index (χ1) is 11.3. The van der Waals surface area contributed by atoms with Crippen molar-refractivity contribution >= 4 is 5.91 Å². The minimum atomic E-state index is -4.55. The number of aliphatic hydroxyl groups excluding tert-OH is 1. The minimum absolute atomic E-state index is 0.00981. The van der Waals surface area contributed by atoms with Gasteiger partial charge in [0.05, 0.1) is 6.10 Å². The molecule has 1 amide bonds. The molecule has 3 rings (SSSR count). The van der Waals surface area contributed by atoms with Crippen LogP contribution in [0.2, 0.25) is 0 Å². The number of likely N-dealkylation sites (tertiary alicyclic amines) is 1. The fraction of sp³-hybridized carbons (Fsp3) is 0.688. The molecule has 1 N–H and O–H groups in total. The number of fused-ring (bicyclic) bond motifs is 1. The van der Waals surface area contributed by atoms with E-state index in [2.05, 4.69) is 9.97 Å². The van der Waals surface area contributed by atoms with Gasteiger partial charge in [-0.1, -0.05) is 0 Å². The molecular formula is C16H20F3N3O2. The number of aliphatic hydroxyl groups is 1. The number of carbonyl (C=O) groups is 1. The number of alkyl halides is 3. The number of hydrogen-bond acceptors (Lipinski definition) is 4. The van der Waals surface area contributed by atoms with Gasteiger partial charge in [0.15, 0.2) is 5.69 Å². The van der Waals surface area contributed by atoms with Crippen molar-refractivity contribution in [3.8, 4) is 0 Å². The topological polar surface area (TPSA) is 66.3 Å². The van der Waals surface area contributed by atoms with Crippen LogP contribution in [0.5, 0.6) is 0 Å². The average molecular weight is 343 g/mol. The molecule has 1 aliphatic carbocycles. The molecule has 2 unspecified atom stereocenters. The van der Waals surface area contributed by atoms with Crippen LogP contribution >= 0.6 is 0 Å². The molecule has 2 atom stereocenters. The van der Waals surface area contributed by atoms with E-state index in [1.54, 1.807) is 4.90 Å². The van der Waals surface area contributed by atoms with Crippen molar-refractivity contribution in [3.05, 3.63) is 22.8 Å². The van der Waals surface area contributed by atoms with Crippen molar-refractivity contribution in [1.82, 2.24) is 14.9 Å². The maximum absolute atomic E-state index is 13.3. The molecule has 0 radical (unpaired) electrons. The summed E-state index contributed by atoms with van der Waals surface area (Å²) in [5, 5.41) is 9.70. The Morgan fingerprint density at radius 1 is 1.29 bits per heavy atom. The molecule has 1 saturated heterocycles. The summed E-state index contributed by atoms with van der Waals surface area (Å²) in [7, 11) is 0. The van der Waals surface area contributed by atoms with E-state index in [4.69, 9.17) is 0 Å². The summed E-state index contributed by atoms with van der Waals surface area (Å²) in [6, 6.07) is 0. The molecule has 1 fully saturated rings. The summed E-state index contributed by atoms with van der Waals surface area (Å²) >= 11 is 0. The molecule has 2 heterocycles. The molecule has 0 saturated carbocycles. The van der Waals surface area contributed by atoms with Gasteiger partial charge in [-0.05, 0) is 39.0 Å². The lowest BCUT2D eigenvalue weighted by Gasteiger charge is -2.34. The third-order valence-corrected chi connectivity index (χ3v) is 4.71. The van der Waals surface area contributed by atoms with E-state index in [-0.39, 0.29) is 30.3 Å². The summed E-state index contributed by atoms with van der Waals surface area (Å²) < 4.78 is 39.8. The first kappa shape index (κ1) is 17.1. The van der Waals surface area contributed by atoms with Gasteiger partial charge in [-0.25, -0.2) is 9.97 Å². The van der Waals surface area contributed by atoms with Gasteiger partial charge in [0, 0.05) is 30.3 Å². The van der Waals surface area contributed by atoms with Crippen molar-refractivity contribution in [3.63, 3.8) is 0 Å². The van der Waals surface area contributed by atoms with Crippen LogP contribution in [0.1, 0.15) is 42.0 Å². The van der Waals surface area contributed by atoms with Crippen LogP contribution in [-0.4, -0.2) is 45.1 Å². The fourth-order valence-electron chi connectivity index (χ4n) is 3.59. The largest absolute Gasteiger partial charge is 0.433 e. The minimum Gasteiger partial charge on any atom is -0.391 e. The molecule has 8 heteroatoms. The maximum Gasteiger partial charge on any atom is 0.433 e. The highest BCUT2D eigenvalue weighted by molar-refractivity contribution is 5.79. The summed E-state index contributed by atoms with van der Waals surface area (Å²) in [5.74, 6) is -0.576. The zero-order valence-corrected chi connectivity index (χ0v) is 13.4. The molecular weight excluding hydrogens is 323 g/mol. The Kier molecular flexibility index (Phi) is 4.50. The second-order valence-electron chi connectivity index (χ2n) is 6.56. The molecule has 0 bridgehead atoms. The Balaban J connectivity index is 1.84. The third kappa shape index (κ3) is 3.38. The molecule has 132 valence electrons. The Morgan fingerprint density at radius 2 is 2.04 bits per heavy atom. The molecule has 2 aliphatic rings. The number of rotatable bonds is 1.